The van der Waals surface area contributed by atoms with Gasteiger partial charge in [0.25, 0.3) is 0 Å². The van der Waals surface area contributed by atoms with E-state index in [0.29, 0.717) is 0 Å². The molecule has 2 N–H and O–H groups in total. The summed E-state index contributed by atoms with van der Waals surface area (Å²) in [5.74, 6) is 0.0949. The Balaban J connectivity index is 4.01. The van der Waals surface area contributed by atoms with E-state index in [1.807, 2.05) is 13.8 Å². The van der Waals surface area contributed by atoms with E-state index in [9.17, 15) is 5.11 Å². The molecule has 0 fully saturated rings. The van der Waals surface area contributed by atoms with Crippen LogP contribution < -0.4 is 0 Å². The Morgan fingerprint density at radius 1 is 1.22 bits per heavy atom. The molecule has 0 aliphatic carbocycles. The standard InChI is InChI=1S/C7H16O2/c1-5(2)7(4,9)6(3)8/h5-6,8-9H,1-4H3/t6-,7-/m1/s1. The van der Waals surface area contributed by atoms with Gasteiger partial charge in [-0.2, -0.15) is 0 Å². The lowest BCUT2D eigenvalue weighted by Crippen LogP contribution is -2.42. The molecule has 0 aromatic rings. The smallest absolute Gasteiger partial charge is 0.0897 e. The molecule has 0 radical (unpaired) electrons. The second-order valence-corrected chi connectivity index (χ2v) is 3.06. The highest BCUT2D eigenvalue weighted by molar-refractivity contribution is 4.81. The summed E-state index contributed by atoms with van der Waals surface area (Å²) < 4.78 is 0. The van der Waals surface area contributed by atoms with Gasteiger partial charge in [-0.25, -0.2) is 0 Å². The number of hydrogen-bond acceptors (Lipinski definition) is 2. The third-order valence-electron chi connectivity index (χ3n) is 2.01. The maximum atomic E-state index is 9.42. The maximum Gasteiger partial charge on any atom is 0.0897 e. The first-order chi connectivity index (χ1) is 3.89. The molecular weight excluding hydrogens is 116 g/mol. The minimum atomic E-state index is -0.944. The Kier molecular flexibility index (Phi) is 2.65. The minimum absolute atomic E-state index is 0.0949. The highest BCUT2D eigenvalue weighted by atomic mass is 16.3. The monoisotopic (exact) mass is 132 g/mol. The summed E-state index contributed by atoms with van der Waals surface area (Å²) in [4.78, 5) is 0. The maximum absolute atomic E-state index is 9.42. The summed E-state index contributed by atoms with van der Waals surface area (Å²) in [6, 6.07) is 0. The van der Waals surface area contributed by atoms with Crippen molar-refractivity contribution in [3.63, 3.8) is 0 Å². The van der Waals surface area contributed by atoms with Gasteiger partial charge in [0.1, 0.15) is 0 Å². The van der Waals surface area contributed by atoms with Crippen LogP contribution in [0.3, 0.4) is 0 Å². The van der Waals surface area contributed by atoms with E-state index < -0.39 is 11.7 Å². The largest absolute Gasteiger partial charge is 0.390 e. The van der Waals surface area contributed by atoms with E-state index in [0.717, 1.165) is 0 Å². The van der Waals surface area contributed by atoms with Crippen molar-refractivity contribution in [1.82, 2.24) is 0 Å². The van der Waals surface area contributed by atoms with Crippen LogP contribution in [0, 0.1) is 5.92 Å². The van der Waals surface area contributed by atoms with Crippen molar-refractivity contribution < 1.29 is 10.2 Å². The van der Waals surface area contributed by atoms with Gasteiger partial charge in [-0.3, -0.25) is 0 Å². The van der Waals surface area contributed by atoms with Crippen LogP contribution in [0.25, 0.3) is 0 Å². The first-order valence-corrected chi connectivity index (χ1v) is 3.29. The van der Waals surface area contributed by atoms with Crippen LogP contribution in [0.1, 0.15) is 27.7 Å². The molecule has 2 heteroatoms. The lowest BCUT2D eigenvalue weighted by atomic mass is 9.88. The highest BCUT2D eigenvalue weighted by Crippen LogP contribution is 2.19. The number of rotatable bonds is 2. The molecule has 2 atom stereocenters. The van der Waals surface area contributed by atoms with Crippen molar-refractivity contribution in [2.75, 3.05) is 0 Å². The average Bonchev–Trinajstić information content (AvgIpc) is 1.65. The van der Waals surface area contributed by atoms with E-state index in [1.165, 1.54) is 0 Å². The van der Waals surface area contributed by atoms with Crippen molar-refractivity contribution in [1.29, 1.82) is 0 Å². The molecule has 9 heavy (non-hydrogen) atoms. The van der Waals surface area contributed by atoms with E-state index in [2.05, 4.69) is 0 Å². The number of aliphatic hydroxyl groups is 2. The highest BCUT2D eigenvalue weighted by Gasteiger charge is 2.29. The Morgan fingerprint density at radius 2 is 1.56 bits per heavy atom. The average molecular weight is 132 g/mol. The SMILES string of the molecule is CC(C)[C@@](C)(O)[C@@H](C)O. The molecule has 0 amide bonds. The van der Waals surface area contributed by atoms with Crippen molar-refractivity contribution in [3.8, 4) is 0 Å². The Hall–Kier alpha value is -0.0800. The van der Waals surface area contributed by atoms with Gasteiger partial charge in [0.2, 0.25) is 0 Å². The van der Waals surface area contributed by atoms with Crippen LogP contribution in [0.2, 0.25) is 0 Å². The predicted molar refractivity (Wildman–Crippen MR) is 37.1 cm³/mol. The zero-order valence-electron chi connectivity index (χ0n) is 6.55. The van der Waals surface area contributed by atoms with Crippen LogP contribution in [-0.4, -0.2) is 21.9 Å². The zero-order valence-corrected chi connectivity index (χ0v) is 6.55. The molecule has 0 saturated carbocycles. The van der Waals surface area contributed by atoms with E-state index in [1.54, 1.807) is 13.8 Å². The van der Waals surface area contributed by atoms with Crippen LogP contribution in [0.5, 0.6) is 0 Å². The fourth-order valence-corrected chi connectivity index (χ4v) is 0.482. The normalized spacial score (nSPS) is 21.7. The van der Waals surface area contributed by atoms with Crippen LogP contribution in [-0.2, 0) is 0 Å². The topological polar surface area (TPSA) is 40.5 Å². The van der Waals surface area contributed by atoms with Crippen molar-refractivity contribution in [2.24, 2.45) is 5.92 Å². The van der Waals surface area contributed by atoms with E-state index in [4.69, 9.17) is 5.11 Å². The van der Waals surface area contributed by atoms with Crippen molar-refractivity contribution in [3.05, 3.63) is 0 Å². The summed E-state index contributed by atoms with van der Waals surface area (Å²) in [5, 5.41) is 18.4. The molecule has 0 aliphatic heterocycles. The molecule has 0 rings (SSSR count). The fraction of sp³-hybridized carbons (Fsp3) is 1.00. The van der Waals surface area contributed by atoms with Crippen LogP contribution in [0.15, 0.2) is 0 Å². The molecule has 0 heterocycles. The molecule has 0 bridgehead atoms. The molecule has 2 nitrogen and oxygen atoms in total. The summed E-state index contributed by atoms with van der Waals surface area (Å²) in [6.07, 6.45) is -0.655. The van der Waals surface area contributed by atoms with Gasteiger partial charge < -0.3 is 10.2 Å². The summed E-state index contributed by atoms with van der Waals surface area (Å²) >= 11 is 0. The summed E-state index contributed by atoms with van der Waals surface area (Å²) in [6.45, 7) is 7.00. The zero-order chi connectivity index (χ0) is 7.65. The first-order valence-electron chi connectivity index (χ1n) is 3.29. The van der Waals surface area contributed by atoms with Gasteiger partial charge in [0.05, 0.1) is 11.7 Å². The summed E-state index contributed by atoms with van der Waals surface area (Å²) in [7, 11) is 0. The number of hydrogen-bond donors (Lipinski definition) is 2. The van der Waals surface area contributed by atoms with Gasteiger partial charge in [-0.1, -0.05) is 13.8 Å². The van der Waals surface area contributed by atoms with Crippen molar-refractivity contribution >= 4 is 0 Å². The van der Waals surface area contributed by atoms with Gasteiger partial charge in [0, 0.05) is 0 Å². The van der Waals surface area contributed by atoms with E-state index >= 15 is 0 Å². The molecule has 0 spiro atoms. The van der Waals surface area contributed by atoms with Crippen LogP contribution >= 0.6 is 0 Å². The molecule has 0 unspecified atom stereocenters. The Bertz CT molecular complexity index is 74.9. The van der Waals surface area contributed by atoms with Gasteiger partial charge in [0.15, 0.2) is 0 Å². The molecular formula is C7H16O2. The number of aliphatic hydroxyl groups excluding tert-OH is 1. The predicted octanol–water partition coefficient (Wildman–Crippen LogP) is 0.774. The molecule has 0 saturated heterocycles. The Morgan fingerprint density at radius 3 is 1.56 bits per heavy atom. The van der Waals surface area contributed by atoms with Gasteiger partial charge in [-0.05, 0) is 19.8 Å². The van der Waals surface area contributed by atoms with Crippen molar-refractivity contribution in [2.45, 2.75) is 39.4 Å². The Labute approximate surface area is 56.5 Å². The van der Waals surface area contributed by atoms with Gasteiger partial charge >= 0.3 is 0 Å². The molecule has 56 valence electrons. The molecule has 0 aromatic heterocycles. The second-order valence-electron chi connectivity index (χ2n) is 3.06. The molecule has 0 aliphatic rings. The first kappa shape index (κ1) is 8.92. The summed E-state index contributed by atoms with van der Waals surface area (Å²) in [5.41, 5.74) is -0.944. The van der Waals surface area contributed by atoms with Crippen LogP contribution in [0.4, 0.5) is 0 Å². The third-order valence-corrected chi connectivity index (χ3v) is 2.01. The molecule has 0 aromatic carbocycles. The third kappa shape index (κ3) is 1.95. The quantitative estimate of drug-likeness (QED) is 0.582. The lowest BCUT2D eigenvalue weighted by Gasteiger charge is -2.30. The van der Waals surface area contributed by atoms with E-state index in [-0.39, 0.29) is 5.92 Å². The minimum Gasteiger partial charge on any atom is -0.390 e. The lowest BCUT2D eigenvalue weighted by molar-refractivity contribution is -0.0831. The fourth-order valence-electron chi connectivity index (χ4n) is 0.482. The van der Waals surface area contributed by atoms with Gasteiger partial charge in [-0.15, -0.1) is 0 Å². The second kappa shape index (κ2) is 2.67.